The number of ether oxygens (including phenoxy) is 2. The molecular formula is C21H28F2N2O4. The Hall–Kier alpha value is -2.69. The van der Waals surface area contributed by atoms with Gasteiger partial charge in [-0.25, -0.2) is 13.6 Å². The molecular weight excluding hydrogens is 382 g/mol. The Kier molecular flexibility index (Phi) is 8.56. The van der Waals surface area contributed by atoms with Crippen molar-refractivity contribution in [3.8, 4) is 11.8 Å². The summed E-state index contributed by atoms with van der Waals surface area (Å²) in [4.78, 5) is 24.0. The number of nitrogens with zero attached hydrogens (tertiary/aromatic N) is 2. The van der Waals surface area contributed by atoms with Crippen LogP contribution in [0.15, 0.2) is 18.2 Å². The van der Waals surface area contributed by atoms with Crippen molar-refractivity contribution in [3.05, 3.63) is 29.3 Å². The third-order valence-corrected chi connectivity index (χ3v) is 4.20. The van der Waals surface area contributed by atoms with Crippen molar-refractivity contribution in [2.45, 2.75) is 58.0 Å². The number of likely N-dealkylation sites (tertiary alicyclic amines) is 1. The van der Waals surface area contributed by atoms with Crippen LogP contribution in [-0.2, 0) is 4.74 Å². The summed E-state index contributed by atoms with van der Waals surface area (Å²) in [5, 5.41) is 7.62. The topological polar surface area (TPSA) is 79.6 Å². The third kappa shape index (κ3) is 7.00. The molecule has 6 nitrogen and oxygen atoms in total. The second-order valence-corrected chi connectivity index (χ2v) is 7.64. The van der Waals surface area contributed by atoms with E-state index >= 15 is 0 Å². The molecule has 0 bridgehead atoms. The van der Waals surface area contributed by atoms with Crippen LogP contribution in [0.5, 0.6) is 5.75 Å². The monoisotopic (exact) mass is 410 g/mol. The van der Waals surface area contributed by atoms with Crippen molar-refractivity contribution in [1.82, 2.24) is 4.90 Å². The number of rotatable bonds is 3. The molecule has 0 spiro atoms. The van der Waals surface area contributed by atoms with E-state index in [9.17, 15) is 18.4 Å². The fourth-order valence-corrected chi connectivity index (χ4v) is 2.87. The van der Waals surface area contributed by atoms with E-state index in [2.05, 4.69) is 0 Å². The number of hydrogen-bond acceptors (Lipinski definition) is 5. The Morgan fingerprint density at radius 2 is 2.03 bits per heavy atom. The Bertz CT molecular complexity index is 754. The number of halogens is 2. The second kappa shape index (κ2) is 10.2. The number of nitriles is 1. The number of piperidine rings is 1. The van der Waals surface area contributed by atoms with Gasteiger partial charge in [-0.1, -0.05) is 13.0 Å². The Morgan fingerprint density at radius 3 is 2.48 bits per heavy atom. The molecule has 1 aromatic rings. The lowest BCUT2D eigenvalue weighted by molar-refractivity contribution is -0.0849. The van der Waals surface area contributed by atoms with Gasteiger partial charge < -0.3 is 14.4 Å². The standard InChI is InChI=1S/C18H23F2NO4.C3H5N/c1-17(2,3)25-16(23)21-8-7-14(18(19,20)11-21)12-5-6-13(10-22)15(9-12)24-4;1-2-3-4/h5-6,9-10,14H,7-8,11H2,1-4H3;2H2,1H3. The molecule has 0 aliphatic carbocycles. The Morgan fingerprint density at radius 1 is 1.41 bits per heavy atom. The SMILES string of the molecule is CCC#N.COc1cc(C2CCN(C(=O)OC(C)(C)C)CC2(F)F)ccc1C=O. The van der Waals surface area contributed by atoms with Gasteiger partial charge in [0.15, 0.2) is 6.29 Å². The summed E-state index contributed by atoms with van der Waals surface area (Å²) in [5.74, 6) is -3.90. The maximum Gasteiger partial charge on any atom is 0.410 e. The molecule has 8 heteroatoms. The van der Waals surface area contributed by atoms with Crippen molar-refractivity contribution in [2.75, 3.05) is 20.2 Å². The molecule has 1 fully saturated rings. The molecule has 1 unspecified atom stereocenters. The number of benzene rings is 1. The summed E-state index contributed by atoms with van der Waals surface area (Å²) >= 11 is 0. The van der Waals surface area contributed by atoms with Crippen LogP contribution in [0.1, 0.15) is 62.4 Å². The number of carbonyl (C=O) groups excluding carboxylic acids is 2. The zero-order valence-corrected chi connectivity index (χ0v) is 17.5. The minimum atomic E-state index is -3.11. The summed E-state index contributed by atoms with van der Waals surface area (Å²) < 4.78 is 39.6. The highest BCUT2D eigenvalue weighted by molar-refractivity contribution is 5.79. The average Bonchev–Trinajstić information content (AvgIpc) is 2.65. The van der Waals surface area contributed by atoms with Gasteiger partial charge in [0.1, 0.15) is 11.4 Å². The number of methoxy groups -OCH3 is 1. The molecule has 2 rings (SSSR count). The first-order valence-corrected chi connectivity index (χ1v) is 9.34. The Balaban J connectivity index is 0.000000960. The van der Waals surface area contributed by atoms with Crippen molar-refractivity contribution in [2.24, 2.45) is 0 Å². The molecule has 160 valence electrons. The molecule has 0 saturated carbocycles. The molecule has 0 radical (unpaired) electrons. The first-order valence-electron chi connectivity index (χ1n) is 9.34. The summed E-state index contributed by atoms with van der Waals surface area (Å²) in [6, 6.07) is 6.37. The zero-order valence-electron chi connectivity index (χ0n) is 17.5. The van der Waals surface area contributed by atoms with Gasteiger partial charge in [-0.3, -0.25) is 4.79 Å². The molecule has 29 heavy (non-hydrogen) atoms. The van der Waals surface area contributed by atoms with Crippen LogP contribution in [0.3, 0.4) is 0 Å². The van der Waals surface area contributed by atoms with Crippen molar-refractivity contribution >= 4 is 12.4 Å². The van der Waals surface area contributed by atoms with Crippen LogP contribution >= 0.6 is 0 Å². The van der Waals surface area contributed by atoms with Crippen LogP contribution in [0, 0.1) is 11.3 Å². The summed E-state index contributed by atoms with van der Waals surface area (Å²) in [7, 11) is 1.38. The maximum absolute atomic E-state index is 14.7. The minimum Gasteiger partial charge on any atom is -0.496 e. The summed E-state index contributed by atoms with van der Waals surface area (Å²) in [5.41, 5.74) is -0.0432. The van der Waals surface area contributed by atoms with Gasteiger partial charge >= 0.3 is 6.09 Å². The molecule has 1 saturated heterocycles. The highest BCUT2D eigenvalue weighted by Crippen LogP contribution is 2.41. The third-order valence-electron chi connectivity index (χ3n) is 4.20. The average molecular weight is 410 g/mol. The smallest absolute Gasteiger partial charge is 0.410 e. The zero-order chi connectivity index (χ0) is 22.2. The molecule has 0 N–H and O–H groups in total. The molecule has 0 aromatic heterocycles. The van der Waals surface area contributed by atoms with Gasteiger partial charge in [0, 0.05) is 13.0 Å². The highest BCUT2D eigenvalue weighted by Gasteiger charge is 2.47. The first-order chi connectivity index (χ1) is 13.5. The second-order valence-electron chi connectivity index (χ2n) is 7.64. The lowest BCUT2D eigenvalue weighted by Gasteiger charge is -2.39. The fourth-order valence-electron chi connectivity index (χ4n) is 2.87. The molecule has 1 atom stereocenters. The van der Waals surface area contributed by atoms with Gasteiger partial charge in [0.05, 0.1) is 31.2 Å². The van der Waals surface area contributed by atoms with Crippen LogP contribution in [0.4, 0.5) is 13.6 Å². The summed E-state index contributed by atoms with van der Waals surface area (Å²) in [6.45, 7) is 6.36. The van der Waals surface area contributed by atoms with Crippen LogP contribution in [0.25, 0.3) is 0 Å². The normalized spacial score (nSPS) is 18.0. The van der Waals surface area contributed by atoms with E-state index in [1.54, 1.807) is 20.8 Å². The predicted octanol–water partition coefficient (Wildman–Crippen LogP) is 4.79. The predicted molar refractivity (Wildman–Crippen MR) is 104 cm³/mol. The van der Waals surface area contributed by atoms with E-state index in [1.165, 1.54) is 25.3 Å². The largest absolute Gasteiger partial charge is 0.496 e. The van der Waals surface area contributed by atoms with E-state index in [-0.39, 0.29) is 18.7 Å². The lowest BCUT2D eigenvalue weighted by atomic mass is 9.86. The molecule has 1 aliphatic rings. The molecule has 1 aromatic carbocycles. The molecule has 1 heterocycles. The van der Waals surface area contributed by atoms with E-state index in [1.807, 2.05) is 13.0 Å². The van der Waals surface area contributed by atoms with E-state index < -0.39 is 30.1 Å². The van der Waals surface area contributed by atoms with E-state index in [0.29, 0.717) is 23.8 Å². The number of alkyl halides is 2. The molecule has 1 aliphatic heterocycles. The van der Waals surface area contributed by atoms with E-state index in [4.69, 9.17) is 14.7 Å². The highest BCUT2D eigenvalue weighted by atomic mass is 19.3. The van der Waals surface area contributed by atoms with Gasteiger partial charge in [0.25, 0.3) is 5.92 Å². The van der Waals surface area contributed by atoms with Crippen molar-refractivity contribution < 1.29 is 27.8 Å². The summed E-state index contributed by atoms with van der Waals surface area (Å²) in [6.07, 6.45) is 0.598. The van der Waals surface area contributed by atoms with Crippen LogP contribution in [0.2, 0.25) is 0 Å². The molecule has 1 amide bonds. The van der Waals surface area contributed by atoms with Gasteiger partial charge in [0.2, 0.25) is 0 Å². The van der Waals surface area contributed by atoms with Crippen LogP contribution in [-0.4, -0.2) is 49.0 Å². The number of hydrogen-bond donors (Lipinski definition) is 0. The number of carbonyl (C=O) groups is 2. The van der Waals surface area contributed by atoms with Gasteiger partial charge in [-0.15, -0.1) is 0 Å². The van der Waals surface area contributed by atoms with E-state index in [0.717, 1.165) is 4.90 Å². The van der Waals surface area contributed by atoms with Crippen molar-refractivity contribution in [3.63, 3.8) is 0 Å². The van der Waals surface area contributed by atoms with Crippen molar-refractivity contribution in [1.29, 1.82) is 5.26 Å². The minimum absolute atomic E-state index is 0.0931. The maximum atomic E-state index is 14.7. The fraction of sp³-hybridized carbons (Fsp3) is 0.571. The van der Waals surface area contributed by atoms with Gasteiger partial charge in [-0.2, -0.15) is 5.26 Å². The Labute approximate surface area is 170 Å². The van der Waals surface area contributed by atoms with Gasteiger partial charge in [-0.05, 0) is 44.9 Å². The quantitative estimate of drug-likeness (QED) is 0.670. The van der Waals surface area contributed by atoms with Crippen LogP contribution < -0.4 is 4.74 Å². The number of aldehydes is 1. The first kappa shape index (κ1) is 24.3. The lowest BCUT2D eigenvalue weighted by Crippen LogP contribution is -2.50. The number of amides is 1.